The minimum atomic E-state index is -4.12. The largest absolute Gasteiger partial charge is 0.478 e. The minimum absolute atomic E-state index is 0.128. The third-order valence-corrected chi connectivity index (χ3v) is 5.01. The molecule has 0 unspecified atom stereocenters. The van der Waals surface area contributed by atoms with Crippen molar-refractivity contribution in [3.05, 3.63) is 53.6 Å². The minimum Gasteiger partial charge on any atom is -0.478 e. The van der Waals surface area contributed by atoms with Crippen molar-refractivity contribution in [3.8, 4) is 0 Å². The van der Waals surface area contributed by atoms with E-state index in [1.807, 2.05) is 0 Å². The van der Waals surface area contributed by atoms with Crippen LogP contribution in [0.3, 0.4) is 0 Å². The van der Waals surface area contributed by atoms with Crippen LogP contribution in [-0.2, 0) is 14.6 Å². The summed E-state index contributed by atoms with van der Waals surface area (Å²) in [5, 5.41) is 8.90. The number of aromatic carboxylic acids is 1. The topological polar surface area (TPSA) is 124 Å². The quantitative estimate of drug-likeness (QED) is 0.642. The number of ether oxygens (including phenoxy) is 1. The second kappa shape index (κ2) is 6.09. The third-order valence-electron chi connectivity index (χ3n) is 3.13. The molecule has 0 atom stereocenters. The molecule has 120 valence electrons. The number of nitrogen functional groups attached to an aromatic ring is 1. The maximum absolute atomic E-state index is 12.7. The van der Waals surface area contributed by atoms with Crippen LogP contribution in [0.4, 0.5) is 5.69 Å². The predicted octanol–water partition coefficient (Wildman–Crippen LogP) is 1.59. The van der Waals surface area contributed by atoms with E-state index in [0.29, 0.717) is 0 Å². The van der Waals surface area contributed by atoms with E-state index >= 15 is 0 Å². The average Bonchev–Trinajstić information content (AvgIpc) is 2.53. The molecule has 0 aliphatic heterocycles. The zero-order valence-electron chi connectivity index (χ0n) is 12.0. The Balaban J connectivity index is 2.65. The number of carbonyl (C=O) groups is 2. The van der Waals surface area contributed by atoms with Crippen LogP contribution in [0, 0.1) is 0 Å². The van der Waals surface area contributed by atoms with Gasteiger partial charge in [-0.05, 0) is 30.3 Å². The van der Waals surface area contributed by atoms with Gasteiger partial charge in [0.1, 0.15) is 0 Å². The monoisotopic (exact) mass is 335 g/mol. The maximum atomic E-state index is 12.7. The summed E-state index contributed by atoms with van der Waals surface area (Å²) in [4.78, 5) is 22.1. The number of carboxylic acid groups (broad SMARTS) is 1. The molecule has 0 saturated heterocycles. The molecule has 0 bridgehead atoms. The molecule has 0 fully saturated rings. The molecule has 3 N–H and O–H groups in total. The van der Waals surface area contributed by atoms with E-state index in [1.54, 1.807) is 0 Å². The molecule has 0 radical (unpaired) electrons. The standard InChI is InChI=1S/C15H13NO6S/c1-22-15(19)10-4-2-3-5-12(10)23(20,21)13-7-6-9(14(17)18)8-11(13)16/h2-8H,16H2,1H3,(H,17,18). The first-order chi connectivity index (χ1) is 10.8. The number of nitrogens with two attached hydrogens (primary N) is 1. The van der Waals surface area contributed by atoms with Crippen molar-refractivity contribution in [3.63, 3.8) is 0 Å². The van der Waals surface area contributed by atoms with Crippen LogP contribution in [0.1, 0.15) is 20.7 Å². The molecule has 0 aliphatic rings. The first-order valence-electron chi connectivity index (χ1n) is 6.34. The number of carbonyl (C=O) groups excluding carboxylic acids is 1. The lowest BCUT2D eigenvalue weighted by molar-refractivity contribution is 0.0595. The number of benzene rings is 2. The highest BCUT2D eigenvalue weighted by molar-refractivity contribution is 7.91. The average molecular weight is 335 g/mol. The summed E-state index contributed by atoms with van der Waals surface area (Å²) in [7, 11) is -2.98. The summed E-state index contributed by atoms with van der Waals surface area (Å²) < 4.78 is 30.1. The van der Waals surface area contributed by atoms with Crippen molar-refractivity contribution in [1.29, 1.82) is 0 Å². The number of esters is 1. The Labute approximate surface area is 132 Å². The van der Waals surface area contributed by atoms with Crippen LogP contribution in [0.25, 0.3) is 0 Å². The first kappa shape index (κ1) is 16.5. The van der Waals surface area contributed by atoms with Gasteiger partial charge in [-0.15, -0.1) is 0 Å². The second-order valence-electron chi connectivity index (χ2n) is 4.55. The highest BCUT2D eigenvalue weighted by Crippen LogP contribution is 2.29. The van der Waals surface area contributed by atoms with Gasteiger partial charge in [-0.25, -0.2) is 18.0 Å². The van der Waals surface area contributed by atoms with Gasteiger partial charge in [0.25, 0.3) is 0 Å². The summed E-state index contributed by atoms with van der Waals surface area (Å²) in [5.74, 6) is -2.03. The Bertz CT molecular complexity index is 889. The summed E-state index contributed by atoms with van der Waals surface area (Å²) in [6.07, 6.45) is 0. The van der Waals surface area contributed by atoms with Crippen LogP contribution in [0.2, 0.25) is 0 Å². The molecular weight excluding hydrogens is 322 g/mol. The molecular formula is C15H13NO6S. The van der Waals surface area contributed by atoms with Gasteiger partial charge in [-0.1, -0.05) is 12.1 Å². The SMILES string of the molecule is COC(=O)c1ccccc1S(=O)(=O)c1ccc(C(=O)O)cc1N. The number of sulfone groups is 1. The summed E-state index contributed by atoms with van der Waals surface area (Å²) >= 11 is 0. The van der Waals surface area contributed by atoms with E-state index < -0.39 is 21.8 Å². The zero-order chi connectivity index (χ0) is 17.2. The summed E-state index contributed by atoms with van der Waals surface area (Å²) in [6, 6.07) is 8.82. The molecule has 0 heterocycles. The van der Waals surface area contributed by atoms with E-state index in [1.165, 1.54) is 24.3 Å². The molecule has 0 spiro atoms. The Morgan fingerprint density at radius 1 is 1.09 bits per heavy atom. The number of hydrogen-bond acceptors (Lipinski definition) is 6. The fraction of sp³-hybridized carbons (Fsp3) is 0.0667. The van der Waals surface area contributed by atoms with Gasteiger partial charge in [0.05, 0.1) is 33.7 Å². The van der Waals surface area contributed by atoms with Crippen LogP contribution < -0.4 is 5.73 Å². The van der Waals surface area contributed by atoms with Crippen LogP contribution in [0.15, 0.2) is 52.3 Å². The van der Waals surface area contributed by atoms with Crippen LogP contribution in [-0.4, -0.2) is 32.6 Å². The Hall–Kier alpha value is -2.87. The van der Waals surface area contributed by atoms with Crippen LogP contribution >= 0.6 is 0 Å². The van der Waals surface area contributed by atoms with Gasteiger partial charge in [0.2, 0.25) is 9.84 Å². The van der Waals surface area contributed by atoms with Crippen molar-refractivity contribution in [1.82, 2.24) is 0 Å². The zero-order valence-corrected chi connectivity index (χ0v) is 12.8. The lowest BCUT2D eigenvalue weighted by atomic mass is 10.2. The maximum Gasteiger partial charge on any atom is 0.339 e. The van der Waals surface area contributed by atoms with Crippen molar-refractivity contribution in [2.75, 3.05) is 12.8 Å². The highest BCUT2D eigenvalue weighted by Gasteiger charge is 2.26. The lowest BCUT2D eigenvalue weighted by Gasteiger charge is -2.11. The Morgan fingerprint density at radius 2 is 1.74 bits per heavy atom. The van der Waals surface area contributed by atoms with E-state index in [2.05, 4.69) is 4.74 Å². The second-order valence-corrected chi connectivity index (χ2v) is 6.44. The predicted molar refractivity (Wildman–Crippen MR) is 81.0 cm³/mol. The molecule has 2 rings (SSSR count). The molecule has 0 amide bonds. The van der Waals surface area contributed by atoms with Crippen LogP contribution in [0.5, 0.6) is 0 Å². The van der Waals surface area contributed by atoms with Gasteiger partial charge in [-0.3, -0.25) is 0 Å². The number of carboxylic acids is 1. The van der Waals surface area contributed by atoms with Gasteiger partial charge in [0.15, 0.2) is 0 Å². The van der Waals surface area contributed by atoms with Crippen molar-refractivity contribution in [2.45, 2.75) is 9.79 Å². The smallest absolute Gasteiger partial charge is 0.339 e. The van der Waals surface area contributed by atoms with Crippen molar-refractivity contribution < 1.29 is 27.9 Å². The third kappa shape index (κ3) is 3.02. The molecule has 7 nitrogen and oxygen atoms in total. The molecule has 8 heteroatoms. The van der Waals surface area contributed by atoms with Crippen molar-refractivity contribution >= 4 is 27.5 Å². The first-order valence-corrected chi connectivity index (χ1v) is 7.82. The number of methoxy groups -OCH3 is 1. The van der Waals surface area contributed by atoms with Gasteiger partial charge >= 0.3 is 11.9 Å². The highest BCUT2D eigenvalue weighted by atomic mass is 32.2. The van der Waals surface area contributed by atoms with E-state index in [9.17, 15) is 18.0 Å². The van der Waals surface area contributed by atoms with Gasteiger partial charge in [0, 0.05) is 0 Å². The molecule has 0 aromatic heterocycles. The van der Waals surface area contributed by atoms with Gasteiger partial charge < -0.3 is 15.6 Å². The number of anilines is 1. The van der Waals surface area contributed by atoms with E-state index in [0.717, 1.165) is 25.3 Å². The summed E-state index contributed by atoms with van der Waals surface area (Å²) in [5.41, 5.74) is 5.20. The number of rotatable bonds is 4. The lowest BCUT2D eigenvalue weighted by Crippen LogP contribution is -2.13. The fourth-order valence-electron chi connectivity index (χ4n) is 2.02. The fourth-order valence-corrected chi connectivity index (χ4v) is 3.58. The Kier molecular flexibility index (Phi) is 4.37. The molecule has 23 heavy (non-hydrogen) atoms. The van der Waals surface area contributed by atoms with E-state index in [-0.39, 0.29) is 26.6 Å². The Morgan fingerprint density at radius 3 is 2.30 bits per heavy atom. The van der Waals surface area contributed by atoms with Gasteiger partial charge in [-0.2, -0.15) is 0 Å². The van der Waals surface area contributed by atoms with Crippen molar-refractivity contribution in [2.24, 2.45) is 0 Å². The molecule has 2 aromatic carbocycles. The summed E-state index contributed by atoms with van der Waals surface area (Å²) in [6.45, 7) is 0. The molecule has 0 saturated carbocycles. The number of hydrogen-bond donors (Lipinski definition) is 2. The molecule has 2 aromatic rings. The van der Waals surface area contributed by atoms with E-state index in [4.69, 9.17) is 10.8 Å². The normalized spacial score (nSPS) is 11.0. The molecule has 0 aliphatic carbocycles.